The number of nitrogens with zero attached hydrogens (tertiary/aromatic N) is 2. The van der Waals surface area contributed by atoms with Crippen LogP contribution in [0.2, 0.25) is 0 Å². The third kappa shape index (κ3) is 3.53. The van der Waals surface area contributed by atoms with Crippen LogP contribution < -0.4 is 5.73 Å². The van der Waals surface area contributed by atoms with Crippen molar-refractivity contribution in [3.8, 4) is 0 Å². The predicted molar refractivity (Wildman–Crippen MR) is 82.4 cm³/mol. The first-order valence-electron chi connectivity index (χ1n) is 6.63. The number of hydrogen-bond donors (Lipinski definition) is 1. The van der Waals surface area contributed by atoms with Gasteiger partial charge in [0, 0.05) is 28.6 Å². The number of benzene rings is 1. The topological polar surface area (TPSA) is 43.8 Å². The van der Waals surface area contributed by atoms with Gasteiger partial charge in [-0.3, -0.25) is 4.68 Å². The molecule has 1 heterocycles. The maximum absolute atomic E-state index is 5.83. The lowest BCUT2D eigenvalue weighted by molar-refractivity contribution is 0.475. The fraction of sp³-hybridized carbons (Fsp3) is 0.400. The maximum atomic E-state index is 5.83. The lowest BCUT2D eigenvalue weighted by Crippen LogP contribution is -2.04. The van der Waals surface area contributed by atoms with Gasteiger partial charge in [0.05, 0.1) is 5.69 Å². The summed E-state index contributed by atoms with van der Waals surface area (Å²) in [6.45, 7) is 6.47. The summed E-state index contributed by atoms with van der Waals surface area (Å²) >= 11 is 1.79. The van der Waals surface area contributed by atoms with Crippen molar-refractivity contribution < 1.29 is 0 Å². The second-order valence-electron chi connectivity index (χ2n) is 4.86. The smallest absolute Gasteiger partial charge is 0.0727 e. The molecule has 0 aliphatic rings. The van der Waals surface area contributed by atoms with Crippen LogP contribution >= 0.6 is 11.8 Å². The van der Waals surface area contributed by atoms with Gasteiger partial charge in [0.1, 0.15) is 0 Å². The van der Waals surface area contributed by atoms with E-state index in [2.05, 4.69) is 44.2 Å². The first-order chi connectivity index (χ1) is 9.10. The molecule has 1 aromatic heterocycles. The van der Waals surface area contributed by atoms with Gasteiger partial charge in [0.15, 0.2) is 0 Å². The Balaban J connectivity index is 2.02. The van der Waals surface area contributed by atoms with Crippen LogP contribution in [0.15, 0.2) is 35.4 Å². The Morgan fingerprint density at radius 1 is 1.37 bits per heavy atom. The fourth-order valence-electron chi connectivity index (χ4n) is 1.81. The van der Waals surface area contributed by atoms with E-state index in [0.717, 1.165) is 23.6 Å². The van der Waals surface area contributed by atoms with Crippen molar-refractivity contribution in [2.75, 3.05) is 5.73 Å². The van der Waals surface area contributed by atoms with Crippen LogP contribution in [0.3, 0.4) is 0 Å². The van der Waals surface area contributed by atoms with E-state index in [4.69, 9.17) is 5.73 Å². The van der Waals surface area contributed by atoms with Gasteiger partial charge in [-0.15, -0.1) is 11.8 Å². The van der Waals surface area contributed by atoms with Crippen LogP contribution in [-0.4, -0.2) is 9.78 Å². The molecule has 0 aliphatic carbocycles. The SMILES string of the molecule is CCC(C)n1ccc(CSc2cc(N)ccc2C)n1. The molecule has 0 radical (unpaired) electrons. The van der Waals surface area contributed by atoms with Crippen LogP contribution in [0.1, 0.15) is 37.6 Å². The van der Waals surface area contributed by atoms with E-state index in [1.54, 1.807) is 11.8 Å². The monoisotopic (exact) mass is 275 g/mol. The molecule has 3 nitrogen and oxygen atoms in total. The largest absolute Gasteiger partial charge is 0.399 e. The van der Waals surface area contributed by atoms with Crippen molar-refractivity contribution >= 4 is 17.4 Å². The first kappa shape index (κ1) is 14.0. The summed E-state index contributed by atoms with van der Waals surface area (Å²) in [4.78, 5) is 1.23. The van der Waals surface area contributed by atoms with Crippen LogP contribution in [0.5, 0.6) is 0 Å². The van der Waals surface area contributed by atoms with Crippen molar-refractivity contribution in [1.29, 1.82) is 0 Å². The van der Waals surface area contributed by atoms with E-state index < -0.39 is 0 Å². The Morgan fingerprint density at radius 2 is 2.16 bits per heavy atom. The third-order valence-electron chi connectivity index (χ3n) is 3.29. The molecule has 0 bridgehead atoms. The number of hydrogen-bond acceptors (Lipinski definition) is 3. The molecule has 0 saturated heterocycles. The quantitative estimate of drug-likeness (QED) is 0.661. The van der Waals surface area contributed by atoms with E-state index >= 15 is 0 Å². The summed E-state index contributed by atoms with van der Waals surface area (Å²) in [5.41, 5.74) is 9.03. The number of aryl methyl sites for hydroxylation is 1. The molecule has 2 rings (SSSR count). The second kappa shape index (κ2) is 6.15. The summed E-state index contributed by atoms with van der Waals surface area (Å²) in [5.74, 6) is 0.883. The molecule has 0 spiro atoms. The molecule has 2 aromatic rings. The van der Waals surface area contributed by atoms with Crippen molar-refractivity contribution in [1.82, 2.24) is 9.78 Å². The molecule has 0 aliphatic heterocycles. The van der Waals surface area contributed by atoms with Crippen LogP contribution in [0, 0.1) is 6.92 Å². The summed E-state index contributed by atoms with van der Waals surface area (Å²) in [6, 6.07) is 8.60. The molecule has 2 N–H and O–H groups in total. The summed E-state index contributed by atoms with van der Waals surface area (Å²) in [7, 11) is 0. The standard InChI is InChI=1S/C15H21N3S/c1-4-12(3)18-8-7-14(17-18)10-19-15-9-13(16)6-5-11(15)2/h5-9,12H,4,10,16H2,1-3H3. The molecule has 1 atom stereocenters. The van der Waals surface area contributed by atoms with Gasteiger partial charge in [-0.1, -0.05) is 13.0 Å². The van der Waals surface area contributed by atoms with E-state index in [1.807, 2.05) is 16.8 Å². The number of thioether (sulfide) groups is 1. The fourth-order valence-corrected chi connectivity index (χ4v) is 2.78. The number of anilines is 1. The molecule has 1 unspecified atom stereocenters. The van der Waals surface area contributed by atoms with Crippen molar-refractivity contribution in [2.24, 2.45) is 0 Å². The lowest BCUT2D eigenvalue weighted by atomic mass is 10.2. The van der Waals surface area contributed by atoms with Crippen molar-refractivity contribution in [2.45, 2.75) is 43.9 Å². The van der Waals surface area contributed by atoms with Crippen LogP contribution in [0.25, 0.3) is 0 Å². The molecule has 102 valence electrons. The molecule has 0 fully saturated rings. The minimum absolute atomic E-state index is 0.466. The molecular weight excluding hydrogens is 254 g/mol. The Morgan fingerprint density at radius 3 is 2.89 bits per heavy atom. The lowest BCUT2D eigenvalue weighted by Gasteiger charge is -2.08. The van der Waals surface area contributed by atoms with Gasteiger partial charge in [-0.2, -0.15) is 5.10 Å². The number of nitrogen functional groups attached to an aromatic ring is 1. The molecule has 0 amide bonds. The van der Waals surface area contributed by atoms with Crippen LogP contribution in [0.4, 0.5) is 5.69 Å². The summed E-state index contributed by atoms with van der Waals surface area (Å²) in [5, 5.41) is 4.61. The molecule has 4 heteroatoms. The van der Waals surface area contributed by atoms with E-state index in [1.165, 1.54) is 10.5 Å². The zero-order valence-electron chi connectivity index (χ0n) is 11.8. The Hall–Kier alpha value is -1.42. The Labute approximate surface area is 119 Å². The second-order valence-corrected chi connectivity index (χ2v) is 5.88. The van der Waals surface area contributed by atoms with Gasteiger partial charge in [0.25, 0.3) is 0 Å². The zero-order chi connectivity index (χ0) is 13.8. The molecule has 19 heavy (non-hydrogen) atoms. The zero-order valence-corrected chi connectivity index (χ0v) is 12.6. The minimum Gasteiger partial charge on any atom is -0.399 e. The highest BCUT2D eigenvalue weighted by atomic mass is 32.2. The first-order valence-corrected chi connectivity index (χ1v) is 7.61. The minimum atomic E-state index is 0.466. The van der Waals surface area contributed by atoms with E-state index in [0.29, 0.717) is 6.04 Å². The normalized spacial score (nSPS) is 12.6. The Kier molecular flexibility index (Phi) is 4.53. The third-order valence-corrected chi connectivity index (χ3v) is 4.48. The van der Waals surface area contributed by atoms with Crippen molar-refractivity contribution in [3.63, 3.8) is 0 Å². The predicted octanol–water partition coefficient (Wildman–Crippen LogP) is 4.04. The number of nitrogens with two attached hydrogens (primary N) is 1. The highest BCUT2D eigenvalue weighted by molar-refractivity contribution is 7.98. The average molecular weight is 275 g/mol. The Bertz CT molecular complexity index is 548. The van der Waals surface area contributed by atoms with E-state index in [9.17, 15) is 0 Å². The number of aromatic nitrogens is 2. The van der Waals surface area contributed by atoms with Gasteiger partial charge in [-0.25, -0.2) is 0 Å². The summed E-state index contributed by atoms with van der Waals surface area (Å²) in [6.07, 6.45) is 3.17. The highest BCUT2D eigenvalue weighted by Crippen LogP contribution is 2.27. The molecule has 0 saturated carbocycles. The summed E-state index contributed by atoms with van der Waals surface area (Å²) < 4.78 is 2.04. The van der Waals surface area contributed by atoms with Crippen molar-refractivity contribution in [3.05, 3.63) is 41.7 Å². The molecule has 1 aromatic carbocycles. The van der Waals surface area contributed by atoms with E-state index in [-0.39, 0.29) is 0 Å². The van der Waals surface area contributed by atoms with Crippen LogP contribution in [-0.2, 0) is 5.75 Å². The average Bonchev–Trinajstić information content (AvgIpc) is 2.88. The maximum Gasteiger partial charge on any atom is 0.0727 e. The van der Waals surface area contributed by atoms with Gasteiger partial charge in [0.2, 0.25) is 0 Å². The van der Waals surface area contributed by atoms with Gasteiger partial charge >= 0.3 is 0 Å². The highest BCUT2D eigenvalue weighted by Gasteiger charge is 2.06. The van der Waals surface area contributed by atoms with Gasteiger partial charge in [-0.05, 0) is 44.0 Å². The van der Waals surface area contributed by atoms with Gasteiger partial charge < -0.3 is 5.73 Å². The molecular formula is C15H21N3S. The number of rotatable bonds is 5.